The van der Waals surface area contributed by atoms with Crippen LogP contribution in [0.2, 0.25) is 0 Å². The summed E-state index contributed by atoms with van der Waals surface area (Å²) in [7, 11) is 0. The topological polar surface area (TPSA) is 76.4 Å². The van der Waals surface area contributed by atoms with Gasteiger partial charge in [0, 0.05) is 37.7 Å². The van der Waals surface area contributed by atoms with Gasteiger partial charge in [0.25, 0.3) is 0 Å². The summed E-state index contributed by atoms with van der Waals surface area (Å²) in [4.78, 5) is 8.99. The van der Waals surface area contributed by atoms with Gasteiger partial charge in [0.15, 0.2) is 5.96 Å². The quantitative estimate of drug-likeness (QED) is 0.421. The summed E-state index contributed by atoms with van der Waals surface area (Å²) in [5.41, 5.74) is 3.36. The fourth-order valence-electron chi connectivity index (χ4n) is 2.89. The van der Waals surface area contributed by atoms with Gasteiger partial charge < -0.3 is 15.4 Å². The van der Waals surface area contributed by atoms with Crippen molar-refractivity contribution < 1.29 is 4.74 Å². The van der Waals surface area contributed by atoms with E-state index in [0.717, 1.165) is 36.7 Å². The number of guanidine groups is 1. The summed E-state index contributed by atoms with van der Waals surface area (Å²) >= 11 is 0. The van der Waals surface area contributed by atoms with E-state index in [1.54, 1.807) is 6.20 Å². The molecule has 3 aromatic rings. The summed E-state index contributed by atoms with van der Waals surface area (Å²) in [5.74, 6) is 1.44. The maximum atomic E-state index is 5.58. The molecule has 0 fully saturated rings. The van der Waals surface area contributed by atoms with E-state index in [1.807, 2.05) is 49.1 Å². The molecular formula is C23H30N6O. The van der Waals surface area contributed by atoms with Gasteiger partial charge in [-0.05, 0) is 56.5 Å². The van der Waals surface area contributed by atoms with Gasteiger partial charge >= 0.3 is 0 Å². The first-order valence-electron chi connectivity index (χ1n) is 10.4. The van der Waals surface area contributed by atoms with Crippen molar-refractivity contribution in [2.24, 2.45) is 4.99 Å². The number of nitrogens with one attached hydrogen (secondary N) is 2. The Morgan fingerprint density at radius 2 is 1.90 bits per heavy atom. The zero-order chi connectivity index (χ0) is 21.2. The summed E-state index contributed by atoms with van der Waals surface area (Å²) in [6.45, 7) is 8.20. The van der Waals surface area contributed by atoms with E-state index in [2.05, 4.69) is 56.9 Å². The third-order valence-corrected chi connectivity index (χ3v) is 4.33. The molecule has 0 bridgehead atoms. The van der Waals surface area contributed by atoms with E-state index < -0.39 is 0 Å². The van der Waals surface area contributed by atoms with Gasteiger partial charge in [-0.2, -0.15) is 5.10 Å². The van der Waals surface area contributed by atoms with Gasteiger partial charge in [0.1, 0.15) is 0 Å². The fourth-order valence-corrected chi connectivity index (χ4v) is 2.89. The molecule has 2 aromatic heterocycles. The van der Waals surface area contributed by atoms with Crippen LogP contribution in [0.25, 0.3) is 5.69 Å². The summed E-state index contributed by atoms with van der Waals surface area (Å²) in [6, 6.07) is 14.2. The molecule has 2 N–H and O–H groups in total. The summed E-state index contributed by atoms with van der Waals surface area (Å²) in [5, 5.41) is 10.9. The molecule has 0 saturated heterocycles. The number of aromatic nitrogens is 3. The normalized spacial score (nSPS) is 11.5. The third-order valence-electron chi connectivity index (χ3n) is 4.33. The molecule has 0 radical (unpaired) electrons. The minimum atomic E-state index is 0.118. The van der Waals surface area contributed by atoms with Gasteiger partial charge in [-0.15, -0.1) is 0 Å². The van der Waals surface area contributed by atoms with E-state index >= 15 is 0 Å². The third kappa shape index (κ3) is 6.62. The molecule has 0 atom stereocenters. The second-order valence-electron chi connectivity index (χ2n) is 7.16. The molecule has 0 amide bonds. The fraction of sp³-hybridized carbons (Fsp3) is 0.348. The number of aliphatic imine (C=N–C) groups is 1. The van der Waals surface area contributed by atoms with E-state index in [0.29, 0.717) is 12.4 Å². The van der Waals surface area contributed by atoms with Gasteiger partial charge in [0.05, 0.1) is 18.3 Å². The number of ether oxygens (including phenoxy) is 1. The van der Waals surface area contributed by atoms with Crippen LogP contribution < -0.4 is 15.4 Å². The Balaban J connectivity index is 1.50. The first kappa shape index (κ1) is 21.4. The van der Waals surface area contributed by atoms with Crippen molar-refractivity contribution in [1.82, 2.24) is 25.4 Å². The van der Waals surface area contributed by atoms with E-state index in [-0.39, 0.29) is 6.10 Å². The molecule has 0 unspecified atom stereocenters. The molecule has 2 heterocycles. The maximum absolute atomic E-state index is 5.58. The summed E-state index contributed by atoms with van der Waals surface area (Å²) < 4.78 is 7.44. The minimum Gasteiger partial charge on any atom is -0.475 e. The molecule has 1 aromatic carbocycles. The zero-order valence-electron chi connectivity index (χ0n) is 17.9. The smallest absolute Gasteiger partial charge is 0.213 e. The highest BCUT2D eigenvalue weighted by atomic mass is 16.5. The number of hydrogen-bond donors (Lipinski definition) is 2. The van der Waals surface area contributed by atoms with Crippen LogP contribution in [0, 0.1) is 0 Å². The van der Waals surface area contributed by atoms with Gasteiger partial charge in [-0.1, -0.05) is 18.2 Å². The van der Waals surface area contributed by atoms with Crippen LogP contribution in [0.3, 0.4) is 0 Å². The summed E-state index contributed by atoms with van der Waals surface area (Å²) in [6.07, 6.45) is 6.56. The molecule has 30 heavy (non-hydrogen) atoms. The lowest BCUT2D eigenvalue weighted by Gasteiger charge is -2.12. The standard InChI is InChI=1S/C23H30N6O/c1-4-24-23(27-17-20-8-11-22(26-16-20)30-18(2)3)25-14-12-19-6-9-21(10-7-19)29-15-5-13-28-29/h5-11,13,15-16,18H,4,12,14,17H2,1-3H3,(H2,24,25,27). The molecule has 7 nitrogen and oxygen atoms in total. The van der Waals surface area contributed by atoms with Gasteiger partial charge in [-0.3, -0.25) is 0 Å². The van der Waals surface area contributed by atoms with Crippen LogP contribution in [0.4, 0.5) is 0 Å². The first-order chi connectivity index (χ1) is 14.6. The highest BCUT2D eigenvalue weighted by Gasteiger charge is 2.02. The number of rotatable bonds is 9. The Labute approximate surface area is 178 Å². The van der Waals surface area contributed by atoms with Crippen molar-refractivity contribution in [3.63, 3.8) is 0 Å². The molecule has 7 heteroatoms. The average molecular weight is 407 g/mol. The molecule has 0 aliphatic carbocycles. The van der Waals surface area contributed by atoms with Crippen LogP contribution in [0.15, 0.2) is 66.0 Å². The van der Waals surface area contributed by atoms with Crippen LogP contribution in [-0.2, 0) is 13.0 Å². The van der Waals surface area contributed by atoms with Crippen LogP contribution in [-0.4, -0.2) is 39.9 Å². The molecule has 158 valence electrons. The van der Waals surface area contributed by atoms with Gasteiger partial charge in [0.2, 0.25) is 5.88 Å². The lowest BCUT2D eigenvalue weighted by molar-refractivity contribution is 0.232. The lowest BCUT2D eigenvalue weighted by Crippen LogP contribution is -2.38. The number of nitrogens with zero attached hydrogens (tertiary/aromatic N) is 4. The lowest BCUT2D eigenvalue weighted by atomic mass is 10.1. The Kier molecular flexibility index (Phi) is 7.83. The number of benzene rings is 1. The molecule has 3 rings (SSSR count). The minimum absolute atomic E-state index is 0.118. The van der Waals surface area contributed by atoms with Crippen molar-refractivity contribution in [1.29, 1.82) is 0 Å². The van der Waals surface area contributed by atoms with Crippen molar-refractivity contribution in [2.75, 3.05) is 13.1 Å². The van der Waals surface area contributed by atoms with Crippen molar-refractivity contribution >= 4 is 5.96 Å². The molecule has 0 saturated carbocycles. The maximum Gasteiger partial charge on any atom is 0.213 e. The first-order valence-corrected chi connectivity index (χ1v) is 10.4. The molecule has 0 spiro atoms. The number of pyridine rings is 1. The predicted octanol–water partition coefficient (Wildman–Crippen LogP) is 3.35. The van der Waals surface area contributed by atoms with Crippen LogP contribution >= 0.6 is 0 Å². The molecular weight excluding hydrogens is 376 g/mol. The Hall–Kier alpha value is -3.35. The zero-order valence-corrected chi connectivity index (χ0v) is 17.9. The largest absolute Gasteiger partial charge is 0.475 e. The Morgan fingerprint density at radius 3 is 2.53 bits per heavy atom. The average Bonchev–Trinajstić information content (AvgIpc) is 3.28. The SMILES string of the molecule is CCNC(=NCc1ccc(OC(C)C)nc1)NCCc1ccc(-n2cccn2)cc1. The van der Waals surface area contributed by atoms with Gasteiger partial charge in [-0.25, -0.2) is 14.7 Å². The molecule has 0 aliphatic heterocycles. The number of hydrogen-bond acceptors (Lipinski definition) is 4. The van der Waals surface area contributed by atoms with Crippen molar-refractivity contribution in [3.8, 4) is 11.6 Å². The van der Waals surface area contributed by atoms with E-state index in [9.17, 15) is 0 Å². The monoisotopic (exact) mass is 406 g/mol. The van der Waals surface area contributed by atoms with Crippen LogP contribution in [0.1, 0.15) is 31.9 Å². The highest BCUT2D eigenvalue weighted by molar-refractivity contribution is 5.79. The second-order valence-corrected chi connectivity index (χ2v) is 7.16. The molecule has 0 aliphatic rings. The van der Waals surface area contributed by atoms with E-state index in [4.69, 9.17) is 4.74 Å². The predicted molar refractivity (Wildman–Crippen MR) is 120 cm³/mol. The highest BCUT2D eigenvalue weighted by Crippen LogP contribution is 2.10. The van der Waals surface area contributed by atoms with Crippen molar-refractivity contribution in [2.45, 2.75) is 39.8 Å². The Bertz CT molecular complexity index is 902. The van der Waals surface area contributed by atoms with E-state index in [1.165, 1.54) is 5.56 Å². The Morgan fingerprint density at radius 1 is 1.10 bits per heavy atom. The van der Waals surface area contributed by atoms with Crippen molar-refractivity contribution in [3.05, 3.63) is 72.2 Å². The van der Waals surface area contributed by atoms with Crippen LogP contribution in [0.5, 0.6) is 5.88 Å². The second kappa shape index (κ2) is 11.0.